The molecule has 4 atom stereocenters. The third kappa shape index (κ3) is 2.99. The van der Waals surface area contributed by atoms with Crippen molar-refractivity contribution in [2.45, 2.75) is 57.2 Å². The van der Waals surface area contributed by atoms with Gasteiger partial charge in [-0.2, -0.15) is 5.10 Å². The molecule has 0 bridgehead atoms. The highest BCUT2D eigenvalue weighted by atomic mass is 16.5. The maximum Gasteiger partial charge on any atom is 0.239 e. The molecule has 1 aromatic heterocycles. The third-order valence-electron chi connectivity index (χ3n) is 5.44. The number of hydrogen-bond acceptors (Lipinski definition) is 5. The van der Waals surface area contributed by atoms with Crippen molar-refractivity contribution in [1.82, 2.24) is 25.4 Å². The van der Waals surface area contributed by atoms with Crippen molar-refractivity contribution in [3.05, 3.63) is 11.6 Å². The first-order valence-corrected chi connectivity index (χ1v) is 8.76. The summed E-state index contributed by atoms with van der Waals surface area (Å²) in [6.07, 6.45) is 5.86. The Morgan fingerprint density at radius 1 is 1.35 bits per heavy atom. The van der Waals surface area contributed by atoms with Crippen LogP contribution in [0.2, 0.25) is 0 Å². The lowest BCUT2D eigenvalue weighted by atomic mass is 9.85. The Balaban J connectivity index is 1.40. The van der Waals surface area contributed by atoms with Gasteiger partial charge in [0.25, 0.3) is 0 Å². The number of carbonyl (C=O) groups is 1. The maximum atomic E-state index is 12.9. The van der Waals surface area contributed by atoms with Crippen LogP contribution in [0.4, 0.5) is 0 Å². The molecule has 4 rings (SSSR count). The second-order valence-corrected chi connectivity index (χ2v) is 7.03. The molecule has 1 saturated carbocycles. The summed E-state index contributed by atoms with van der Waals surface area (Å²) >= 11 is 0. The number of fused-ring (bicyclic) bond motifs is 1. The third-order valence-corrected chi connectivity index (χ3v) is 5.44. The Kier molecular flexibility index (Phi) is 4.07. The second-order valence-electron chi connectivity index (χ2n) is 7.03. The minimum Gasteiger partial charge on any atom is -0.366 e. The predicted octanol–water partition coefficient (Wildman–Crippen LogP) is 0.934. The van der Waals surface area contributed by atoms with Gasteiger partial charge in [-0.15, -0.1) is 0 Å². The zero-order chi connectivity index (χ0) is 15.8. The number of aryl methyl sites for hydroxylation is 1. The number of aromatic amines is 1. The molecule has 1 amide bonds. The minimum absolute atomic E-state index is 0.0178. The van der Waals surface area contributed by atoms with Gasteiger partial charge in [0.05, 0.1) is 19.2 Å². The molecule has 2 saturated heterocycles. The van der Waals surface area contributed by atoms with Crippen molar-refractivity contribution in [3.8, 4) is 0 Å². The van der Waals surface area contributed by atoms with E-state index in [1.165, 1.54) is 25.7 Å². The maximum absolute atomic E-state index is 12.9. The molecule has 7 heteroatoms. The van der Waals surface area contributed by atoms with Crippen molar-refractivity contribution in [2.75, 3.05) is 19.7 Å². The molecule has 2 N–H and O–H groups in total. The standard InChI is InChI=1S/C16H25N5O2/c1-10-17-15(20-19-10)14-9-21(6-7-23-14)16(22)13-8-11-4-2-3-5-12(11)18-13/h11-14,18H,2-9H2,1H3,(H,17,19,20). The van der Waals surface area contributed by atoms with E-state index in [1.807, 2.05) is 11.8 Å². The van der Waals surface area contributed by atoms with Crippen molar-refractivity contribution in [3.63, 3.8) is 0 Å². The van der Waals surface area contributed by atoms with Gasteiger partial charge in [-0.3, -0.25) is 9.89 Å². The van der Waals surface area contributed by atoms with Crippen LogP contribution in [0.3, 0.4) is 0 Å². The first-order valence-electron chi connectivity index (χ1n) is 8.76. The van der Waals surface area contributed by atoms with Crippen LogP contribution in [0, 0.1) is 12.8 Å². The lowest BCUT2D eigenvalue weighted by Gasteiger charge is -2.33. The molecule has 1 aliphatic carbocycles. The van der Waals surface area contributed by atoms with E-state index < -0.39 is 0 Å². The summed E-state index contributed by atoms with van der Waals surface area (Å²) in [6.45, 7) is 3.62. The molecule has 0 aromatic carbocycles. The Bertz CT molecular complexity index is 561. The van der Waals surface area contributed by atoms with E-state index in [9.17, 15) is 4.79 Å². The van der Waals surface area contributed by atoms with Gasteiger partial charge in [0.1, 0.15) is 11.9 Å². The number of morpholine rings is 1. The first kappa shape index (κ1) is 15.1. The number of nitrogens with one attached hydrogen (secondary N) is 2. The van der Waals surface area contributed by atoms with Gasteiger partial charge in [0.15, 0.2) is 5.82 Å². The van der Waals surface area contributed by atoms with Crippen LogP contribution in [-0.4, -0.2) is 57.8 Å². The fourth-order valence-electron chi connectivity index (χ4n) is 4.24. The number of amides is 1. The SMILES string of the molecule is Cc1nc(C2CN(C(=O)C3CC4CCCCC4N3)CCO2)n[nH]1. The van der Waals surface area contributed by atoms with Crippen LogP contribution < -0.4 is 5.32 Å². The number of rotatable bonds is 2. The zero-order valence-corrected chi connectivity index (χ0v) is 13.6. The Hall–Kier alpha value is -1.47. The van der Waals surface area contributed by atoms with Crippen molar-refractivity contribution < 1.29 is 9.53 Å². The highest BCUT2D eigenvalue weighted by Crippen LogP contribution is 2.34. The summed E-state index contributed by atoms with van der Waals surface area (Å²) < 4.78 is 5.76. The fourth-order valence-corrected chi connectivity index (χ4v) is 4.24. The molecule has 23 heavy (non-hydrogen) atoms. The summed E-state index contributed by atoms with van der Waals surface area (Å²) in [7, 11) is 0. The van der Waals surface area contributed by atoms with E-state index in [2.05, 4.69) is 20.5 Å². The number of aromatic nitrogens is 3. The molecule has 4 unspecified atom stereocenters. The summed E-state index contributed by atoms with van der Waals surface area (Å²) in [5.41, 5.74) is 0. The molecular formula is C16H25N5O2. The van der Waals surface area contributed by atoms with Crippen molar-refractivity contribution in [2.24, 2.45) is 5.92 Å². The molecule has 3 heterocycles. The zero-order valence-electron chi connectivity index (χ0n) is 13.6. The summed E-state index contributed by atoms with van der Waals surface area (Å²) in [5, 5.41) is 10.6. The monoisotopic (exact) mass is 319 g/mol. The number of ether oxygens (including phenoxy) is 1. The lowest BCUT2D eigenvalue weighted by molar-refractivity contribution is -0.141. The quantitative estimate of drug-likeness (QED) is 0.847. The Morgan fingerprint density at radius 3 is 3.00 bits per heavy atom. The number of nitrogens with zero attached hydrogens (tertiary/aromatic N) is 3. The van der Waals surface area contributed by atoms with E-state index >= 15 is 0 Å². The average molecular weight is 319 g/mol. The van der Waals surface area contributed by atoms with Gasteiger partial charge in [-0.25, -0.2) is 4.98 Å². The van der Waals surface area contributed by atoms with Gasteiger partial charge >= 0.3 is 0 Å². The van der Waals surface area contributed by atoms with Crippen LogP contribution >= 0.6 is 0 Å². The minimum atomic E-state index is -0.221. The van der Waals surface area contributed by atoms with Crippen molar-refractivity contribution >= 4 is 5.91 Å². The molecule has 7 nitrogen and oxygen atoms in total. The van der Waals surface area contributed by atoms with E-state index in [-0.39, 0.29) is 18.1 Å². The number of carbonyl (C=O) groups excluding carboxylic acids is 1. The van der Waals surface area contributed by atoms with Gasteiger partial charge < -0.3 is 15.0 Å². The highest BCUT2D eigenvalue weighted by Gasteiger charge is 2.40. The second kappa shape index (κ2) is 6.20. The van der Waals surface area contributed by atoms with Crippen molar-refractivity contribution in [1.29, 1.82) is 0 Å². The summed E-state index contributed by atoms with van der Waals surface area (Å²) in [4.78, 5) is 19.1. The molecule has 3 aliphatic rings. The van der Waals surface area contributed by atoms with Crippen LogP contribution in [0.25, 0.3) is 0 Å². The van der Waals surface area contributed by atoms with E-state index in [0.717, 1.165) is 12.2 Å². The molecular weight excluding hydrogens is 294 g/mol. The fraction of sp³-hybridized carbons (Fsp3) is 0.812. The Morgan fingerprint density at radius 2 is 2.22 bits per heavy atom. The van der Waals surface area contributed by atoms with E-state index in [4.69, 9.17) is 4.74 Å². The van der Waals surface area contributed by atoms with Crippen LogP contribution in [0.15, 0.2) is 0 Å². The van der Waals surface area contributed by atoms with Gasteiger partial charge in [-0.1, -0.05) is 12.8 Å². The Labute approximate surface area is 136 Å². The normalized spacial score (nSPS) is 34.4. The van der Waals surface area contributed by atoms with Crippen LogP contribution in [0.1, 0.15) is 49.9 Å². The topological polar surface area (TPSA) is 83.1 Å². The largest absolute Gasteiger partial charge is 0.366 e. The molecule has 2 aliphatic heterocycles. The lowest BCUT2D eigenvalue weighted by Crippen LogP contribution is -2.50. The smallest absolute Gasteiger partial charge is 0.239 e. The molecule has 3 fully saturated rings. The van der Waals surface area contributed by atoms with Gasteiger partial charge in [0.2, 0.25) is 5.91 Å². The van der Waals surface area contributed by atoms with Gasteiger partial charge in [-0.05, 0) is 32.1 Å². The summed E-state index contributed by atoms with van der Waals surface area (Å²) in [5.74, 6) is 2.33. The first-order chi connectivity index (χ1) is 11.2. The molecule has 0 radical (unpaired) electrons. The number of hydrogen-bond donors (Lipinski definition) is 2. The van der Waals surface area contributed by atoms with Crippen LogP contribution in [0.5, 0.6) is 0 Å². The summed E-state index contributed by atoms with van der Waals surface area (Å²) in [6, 6.07) is 0.529. The number of H-pyrrole nitrogens is 1. The van der Waals surface area contributed by atoms with E-state index in [1.54, 1.807) is 0 Å². The highest BCUT2D eigenvalue weighted by molar-refractivity contribution is 5.82. The molecule has 1 aromatic rings. The average Bonchev–Trinajstić information content (AvgIpc) is 3.20. The predicted molar refractivity (Wildman–Crippen MR) is 83.7 cm³/mol. The van der Waals surface area contributed by atoms with Crippen LogP contribution in [-0.2, 0) is 9.53 Å². The molecule has 126 valence electrons. The molecule has 0 spiro atoms. The van der Waals surface area contributed by atoms with E-state index in [0.29, 0.717) is 37.5 Å². The van der Waals surface area contributed by atoms with Gasteiger partial charge in [0, 0.05) is 12.6 Å².